The number of hydrogen-bond acceptors (Lipinski definition) is 8. The van der Waals surface area contributed by atoms with E-state index in [0.717, 1.165) is 12.1 Å². The Morgan fingerprint density at radius 2 is 1.97 bits per heavy atom. The maximum Gasteiger partial charge on any atom is 0.534 e. The van der Waals surface area contributed by atoms with Crippen LogP contribution in [0.15, 0.2) is 40.8 Å². The SMILES string of the molecule is COCc1ccc(C(=O)NCc2cc3ccc(OS(=O)(=O)C(F)(F)F)cc3o2)c(N)n1. The molecule has 31 heavy (non-hydrogen) atoms. The summed E-state index contributed by atoms with van der Waals surface area (Å²) in [4.78, 5) is 16.4. The minimum atomic E-state index is -5.80. The summed E-state index contributed by atoms with van der Waals surface area (Å²) in [6, 6.07) is 7.99. The molecule has 0 saturated heterocycles. The fourth-order valence-corrected chi connectivity index (χ4v) is 3.03. The van der Waals surface area contributed by atoms with E-state index in [1.807, 2.05) is 0 Å². The lowest BCUT2D eigenvalue weighted by Crippen LogP contribution is -2.27. The number of carbonyl (C=O) groups excluding carboxylic acids is 1. The maximum absolute atomic E-state index is 12.4. The summed E-state index contributed by atoms with van der Waals surface area (Å²) >= 11 is 0. The number of nitrogens with two attached hydrogens (primary N) is 1. The van der Waals surface area contributed by atoms with Crippen molar-refractivity contribution in [1.82, 2.24) is 10.3 Å². The number of alkyl halides is 3. The molecule has 0 radical (unpaired) electrons. The molecular weight excluding hydrogens is 443 g/mol. The molecule has 2 aromatic heterocycles. The number of nitrogens with zero attached hydrogens (tertiary/aromatic N) is 1. The van der Waals surface area contributed by atoms with Crippen LogP contribution in [0.3, 0.4) is 0 Å². The number of benzene rings is 1. The number of amides is 1. The van der Waals surface area contributed by atoms with Gasteiger partial charge in [0.15, 0.2) is 0 Å². The predicted octanol–water partition coefficient (Wildman–Crippen LogP) is 2.71. The molecule has 0 aliphatic rings. The molecule has 0 unspecified atom stereocenters. The second kappa shape index (κ2) is 8.43. The summed E-state index contributed by atoms with van der Waals surface area (Å²) in [5.41, 5.74) is 1.00. The highest BCUT2D eigenvalue weighted by atomic mass is 32.2. The van der Waals surface area contributed by atoms with Gasteiger partial charge < -0.3 is 24.4 Å². The zero-order valence-corrected chi connectivity index (χ0v) is 16.7. The lowest BCUT2D eigenvalue weighted by Gasteiger charge is -2.08. The smallest absolute Gasteiger partial charge is 0.459 e. The van der Waals surface area contributed by atoms with Crippen LogP contribution in [0.5, 0.6) is 5.75 Å². The van der Waals surface area contributed by atoms with Gasteiger partial charge >= 0.3 is 15.6 Å². The number of carbonyl (C=O) groups is 1. The third-order valence-electron chi connectivity index (χ3n) is 3.97. The second-order valence-electron chi connectivity index (χ2n) is 6.25. The fourth-order valence-electron chi connectivity index (χ4n) is 2.58. The first kappa shape index (κ1) is 22.4. The van der Waals surface area contributed by atoms with Gasteiger partial charge in [-0.25, -0.2) is 4.98 Å². The van der Waals surface area contributed by atoms with E-state index in [0.29, 0.717) is 11.1 Å². The summed E-state index contributed by atoms with van der Waals surface area (Å²) in [5, 5.41) is 3.05. The number of aromatic nitrogens is 1. The molecule has 1 aromatic carbocycles. The van der Waals surface area contributed by atoms with Crippen LogP contribution >= 0.6 is 0 Å². The zero-order chi connectivity index (χ0) is 22.8. The lowest BCUT2D eigenvalue weighted by molar-refractivity contribution is -0.0500. The van der Waals surface area contributed by atoms with Crippen LogP contribution in [0.2, 0.25) is 0 Å². The Morgan fingerprint density at radius 1 is 1.23 bits per heavy atom. The molecule has 3 rings (SSSR count). The highest BCUT2D eigenvalue weighted by Crippen LogP contribution is 2.30. The number of halogens is 3. The number of furan rings is 1. The van der Waals surface area contributed by atoms with Gasteiger partial charge in [-0.05, 0) is 30.3 Å². The molecule has 0 fully saturated rings. The van der Waals surface area contributed by atoms with Crippen molar-refractivity contribution in [2.24, 2.45) is 0 Å². The molecule has 0 atom stereocenters. The molecule has 2 heterocycles. The van der Waals surface area contributed by atoms with Gasteiger partial charge in [-0.2, -0.15) is 21.6 Å². The van der Waals surface area contributed by atoms with E-state index in [1.54, 1.807) is 6.07 Å². The van der Waals surface area contributed by atoms with Gasteiger partial charge in [-0.3, -0.25) is 4.79 Å². The normalized spacial score (nSPS) is 12.1. The molecule has 166 valence electrons. The summed E-state index contributed by atoms with van der Waals surface area (Å²) in [6.45, 7) is 0.172. The third-order valence-corrected chi connectivity index (χ3v) is 4.95. The van der Waals surface area contributed by atoms with Crippen LogP contribution in [0.1, 0.15) is 21.8 Å². The van der Waals surface area contributed by atoms with Crippen LogP contribution in [0.4, 0.5) is 19.0 Å². The van der Waals surface area contributed by atoms with Crippen LogP contribution in [0.25, 0.3) is 11.0 Å². The van der Waals surface area contributed by atoms with Crippen molar-refractivity contribution in [2.45, 2.75) is 18.7 Å². The predicted molar refractivity (Wildman–Crippen MR) is 102 cm³/mol. The van der Waals surface area contributed by atoms with E-state index < -0.39 is 27.3 Å². The monoisotopic (exact) mass is 459 g/mol. The van der Waals surface area contributed by atoms with Crippen molar-refractivity contribution in [2.75, 3.05) is 12.8 Å². The minimum Gasteiger partial charge on any atom is -0.459 e. The summed E-state index contributed by atoms with van der Waals surface area (Å²) in [5.74, 6) is -0.800. The lowest BCUT2D eigenvalue weighted by atomic mass is 10.2. The Hall–Kier alpha value is -3.32. The first-order valence-corrected chi connectivity index (χ1v) is 9.97. The Kier molecular flexibility index (Phi) is 6.08. The first-order chi connectivity index (χ1) is 14.5. The summed E-state index contributed by atoms with van der Waals surface area (Å²) in [7, 11) is -4.30. The van der Waals surface area contributed by atoms with Crippen molar-refractivity contribution in [3.63, 3.8) is 0 Å². The van der Waals surface area contributed by atoms with Crippen molar-refractivity contribution < 1.29 is 39.7 Å². The number of rotatable bonds is 7. The van der Waals surface area contributed by atoms with Gasteiger partial charge in [-0.1, -0.05) is 0 Å². The molecule has 3 aromatic rings. The Balaban J connectivity index is 1.71. The second-order valence-corrected chi connectivity index (χ2v) is 7.78. The fraction of sp³-hybridized carbons (Fsp3) is 0.222. The number of nitrogen functional groups attached to an aromatic ring is 1. The molecule has 0 aliphatic carbocycles. The van der Waals surface area contributed by atoms with Crippen LogP contribution in [-0.4, -0.2) is 31.9 Å². The highest BCUT2D eigenvalue weighted by Gasteiger charge is 2.48. The zero-order valence-electron chi connectivity index (χ0n) is 15.9. The number of anilines is 1. The Morgan fingerprint density at radius 3 is 2.61 bits per heavy atom. The number of pyridine rings is 1. The molecule has 0 saturated carbocycles. The van der Waals surface area contributed by atoms with Crippen LogP contribution in [-0.2, 0) is 28.0 Å². The summed E-state index contributed by atoms with van der Waals surface area (Å²) < 4.78 is 74.0. The van der Waals surface area contributed by atoms with Gasteiger partial charge in [0.2, 0.25) is 0 Å². The largest absolute Gasteiger partial charge is 0.534 e. The number of fused-ring (bicyclic) bond motifs is 1. The molecule has 3 N–H and O–H groups in total. The molecule has 0 aliphatic heterocycles. The first-order valence-electron chi connectivity index (χ1n) is 8.56. The molecular formula is C18H16F3N3O6S. The quantitative estimate of drug-likeness (QED) is 0.407. The summed E-state index contributed by atoms with van der Waals surface area (Å²) in [6.07, 6.45) is 0. The van der Waals surface area contributed by atoms with E-state index in [4.69, 9.17) is 14.9 Å². The topological polar surface area (TPSA) is 134 Å². The Labute approximate surface area is 174 Å². The van der Waals surface area contributed by atoms with Gasteiger partial charge in [0, 0.05) is 18.6 Å². The van der Waals surface area contributed by atoms with Gasteiger partial charge in [0.25, 0.3) is 5.91 Å². The number of methoxy groups -OCH3 is 1. The van der Waals surface area contributed by atoms with Crippen molar-refractivity contribution in [3.05, 3.63) is 53.4 Å². The third kappa shape index (κ3) is 5.06. The van der Waals surface area contributed by atoms with E-state index in [9.17, 15) is 26.4 Å². The van der Waals surface area contributed by atoms with Gasteiger partial charge in [-0.15, -0.1) is 0 Å². The minimum absolute atomic E-state index is 0.0179. The van der Waals surface area contributed by atoms with Crippen molar-refractivity contribution in [3.8, 4) is 5.75 Å². The molecule has 13 heteroatoms. The van der Waals surface area contributed by atoms with Crippen LogP contribution in [0, 0.1) is 0 Å². The molecule has 0 spiro atoms. The molecule has 1 amide bonds. The average molecular weight is 459 g/mol. The van der Waals surface area contributed by atoms with E-state index in [-0.39, 0.29) is 35.9 Å². The van der Waals surface area contributed by atoms with Gasteiger partial charge in [0.05, 0.1) is 24.4 Å². The molecule has 0 bridgehead atoms. The van der Waals surface area contributed by atoms with Gasteiger partial charge in [0.1, 0.15) is 22.9 Å². The van der Waals surface area contributed by atoms with Crippen LogP contribution < -0.4 is 15.2 Å². The number of hydrogen-bond donors (Lipinski definition) is 2. The molecule has 9 nitrogen and oxygen atoms in total. The standard InChI is InChI=1S/C18H16F3N3O6S/c1-28-9-11-3-5-14(16(22)24-11)17(25)23-8-13-6-10-2-4-12(7-15(10)29-13)30-31(26,27)18(19,20)21/h2-7H,8-9H2,1H3,(H2,22,24)(H,23,25). The van der Waals surface area contributed by atoms with E-state index in [2.05, 4.69) is 14.5 Å². The maximum atomic E-state index is 12.4. The Bertz CT molecular complexity index is 1220. The van der Waals surface area contributed by atoms with E-state index >= 15 is 0 Å². The average Bonchev–Trinajstić information content (AvgIpc) is 3.07. The van der Waals surface area contributed by atoms with Crippen molar-refractivity contribution in [1.29, 1.82) is 0 Å². The number of ether oxygens (including phenoxy) is 1. The number of nitrogens with one attached hydrogen (secondary N) is 1. The highest BCUT2D eigenvalue weighted by molar-refractivity contribution is 7.88. The van der Waals surface area contributed by atoms with Crippen molar-refractivity contribution >= 4 is 32.8 Å². The van der Waals surface area contributed by atoms with E-state index in [1.165, 1.54) is 25.3 Å².